The topological polar surface area (TPSA) is 144 Å². The quantitative estimate of drug-likeness (QED) is 0.211. The lowest BCUT2D eigenvalue weighted by atomic mass is 10.0. The number of hydrogen-bond donors (Lipinski definition) is 5. The number of carbonyl (C=O) groups is 2. The number of H-pyrrole nitrogens is 1. The van der Waals surface area contributed by atoms with Crippen molar-refractivity contribution in [3.05, 3.63) is 81.7 Å². The minimum absolute atomic E-state index is 0.0531. The van der Waals surface area contributed by atoms with Crippen LogP contribution in [0.1, 0.15) is 29.8 Å². The molecule has 0 bridgehead atoms. The average molecular weight is 493 g/mol. The second kappa shape index (κ2) is 10.5. The number of carboxylic acids is 2. The van der Waals surface area contributed by atoms with E-state index in [-0.39, 0.29) is 30.5 Å². The second-order valence-electron chi connectivity index (χ2n) is 8.53. The second-order valence-corrected chi connectivity index (χ2v) is 8.53. The maximum atomic E-state index is 14.6. The van der Waals surface area contributed by atoms with Crippen molar-refractivity contribution < 1.29 is 24.2 Å². The summed E-state index contributed by atoms with van der Waals surface area (Å²) in [7, 11) is 0. The van der Waals surface area contributed by atoms with Crippen molar-refractivity contribution in [3.63, 3.8) is 0 Å². The first-order valence-electron chi connectivity index (χ1n) is 11.3. The van der Waals surface area contributed by atoms with Gasteiger partial charge in [0.15, 0.2) is 0 Å². The molecule has 0 fully saturated rings. The van der Waals surface area contributed by atoms with E-state index in [2.05, 4.69) is 20.6 Å². The molecule has 4 aromatic rings. The first-order valence-corrected chi connectivity index (χ1v) is 11.3. The van der Waals surface area contributed by atoms with Crippen LogP contribution in [0.15, 0.2) is 53.3 Å². The van der Waals surface area contributed by atoms with E-state index in [0.29, 0.717) is 29.0 Å². The van der Waals surface area contributed by atoms with Crippen LogP contribution in [0.25, 0.3) is 21.7 Å². The Morgan fingerprint density at radius 1 is 1.08 bits per heavy atom. The summed E-state index contributed by atoms with van der Waals surface area (Å²) in [6, 6.07) is 12.9. The third kappa shape index (κ3) is 5.66. The molecule has 3 aromatic carbocycles. The van der Waals surface area contributed by atoms with E-state index < -0.39 is 23.8 Å². The average Bonchev–Trinajstić information content (AvgIpc) is 2.82. The van der Waals surface area contributed by atoms with Gasteiger partial charge in [0.2, 0.25) is 0 Å². The molecule has 0 saturated carbocycles. The smallest absolute Gasteiger partial charge is 0.320 e. The van der Waals surface area contributed by atoms with E-state index >= 15 is 0 Å². The number of aliphatic carboxylic acids is 2. The number of rotatable bonds is 10. The fourth-order valence-corrected chi connectivity index (χ4v) is 4.05. The molecule has 0 aliphatic rings. The minimum atomic E-state index is -1.19. The van der Waals surface area contributed by atoms with Crippen molar-refractivity contribution in [1.29, 1.82) is 0 Å². The molecule has 186 valence electrons. The number of benzene rings is 3. The molecule has 1 atom stereocenters. The molecule has 4 rings (SSSR count). The van der Waals surface area contributed by atoms with E-state index in [1.165, 1.54) is 6.07 Å². The Kier molecular flexibility index (Phi) is 7.25. The maximum absolute atomic E-state index is 14.6. The van der Waals surface area contributed by atoms with Crippen LogP contribution in [-0.4, -0.2) is 38.2 Å². The summed E-state index contributed by atoms with van der Waals surface area (Å²) in [6.07, 6.45) is -0.404. The summed E-state index contributed by atoms with van der Waals surface area (Å²) >= 11 is 0. The van der Waals surface area contributed by atoms with Crippen LogP contribution in [0.3, 0.4) is 0 Å². The highest BCUT2D eigenvalue weighted by Crippen LogP contribution is 2.24. The summed E-state index contributed by atoms with van der Waals surface area (Å²) in [5, 5.41) is 26.0. The molecule has 0 radical (unpaired) electrons. The zero-order valence-corrected chi connectivity index (χ0v) is 19.5. The fourth-order valence-electron chi connectivity index (χ4n) is 4.05. The lowest BCUT2D eigenvalue weighted by Gasteiger charge is -2.14. The Bertz CT molecular complexity index is 1520. The molecule has 36 heavy (non-hydrogen) atoms. The van der Waals surface area contributed by atoms with Gasteiger partial charge in [-0.05, 0) is 53.9 Å². The fraction of sp³-hybridized carbons (Fsp3) is 0.231. The molecule has 5 N–H and O–H groups in total. The molecule has 1 heterocycles. The van der Waals surface area contributed by atoms with E-state index in [1.54, 1.807) is 19.1 Å². The zero-order valence-electron chi connectivity index (χ0n) is 19.5. The monoisotopic (exact) mass is 492 g/mol. The number of aromatic amines is 1. The number of hydrogen-bond acceptors (Lipinski definition) is 6. The summed E-state index contributed by atoms with van der Waals surface area (Å²) in [4.78, 5) is 41.7. The van der Waals surface area contributed by atoms with E-state index in [1.807, 2.05) is 30.3 Å². The van der Waals surface area contributed by atoms with Gasteiger partial charge in [-0.25, -0.2) is 9.37 Å². The molecular weight excluding hydrogens is 467 g/mol. The number of nitrogens with zero attached hydrogens (tertiary/aromatic N) is 1. The number of carboxylic acid groups (broad SMARTS) is 2. The van der Waals surface area contributed by atoms with Gasteiger partial charge in [-0.1, -0.05) is 24.3 Å². The zero-order chi connectivity index (χ0) is 25.8. The maximum Gasteiger partial charge on any atom is 0.320 e. The van der Waals surface area contributed by atoms with E-state index in [4.69, 9.17) is 5.11 Å². The van der Waals surface area contributed by atoms with Crippen LogP contribution in [0.4, 0.5) is 10.1 Å². The highest BCUT2D eigenvalue weighted by molar-refractivity contribution is 6.05. The van der Waals surface area contributed by atoms with Gasteiger partial charge in [0.1, 0.15) is 17.7 Å². The van der Waals surface area contributed by atoms with Crippen LogP contribution < -0.4 is 16.2 Å². The first-order chi connectivity index (χ1) is 17.2. The molecule has 10 heteroatoms. The lowest BCUT2D eigenvalue weighted by Crippen LogP contribution is -2.36. The van der Waals surface area contributed by atoms with Gasteiger partial charge in [0.25, 0.3) is 5.56 Å². The van der Waals surface area contributed by atoms with Crippen molar-refractivity contribution in [1.82, 2.24) is 15.3 Å². The predicted octanol–water partition coefficient (Wildman–Crippen LogP) is 3.54. The Morgan fingerprint density at radius 2 is 1.86 bits per heavy atom. The number of fused-ring (bicyclic) bond motifs is 3. The summed E-state index contributed by atoms with van der Waals surface area (Å²) in [6.45, 7) is 2.06. The minimum Gasteiger partial charge on any atom is -0.481 e. The van der Waals surface area contributed by atoms with Gasteiger partial charge in [-0.15, -0.1) is 0 Å². The van der Waals surface area contributed by atoms with Crippen molar-refractivity contribution in [2.24, 2.45) is 0 Å². The summed E-state index contributed by atoms with van der Waals surface area (Å²) in [5.41, 5.74) is 2.11. The van der Waals surface area contributed by atoms with Crippen molar-refractivity contribution in [2.75, 3.05) is 5.32 Å². The highest BCUT2D eigenvalue weighted by Gasteiger charge is 2.18. The van der Waals surface area contributed by atoms with Gasteiger partial charge in [0.05, 0.1) is 10.9 Å². The molecular formula is C26H25FN4O5. The van der Waals surface area contributed by atoms with Gasteiger partial charge in [-0.3, -0.25) is 14.4 Å². The van der Waals surface area contributed by atoms with Crippen LogP contribution in [-0.2, 0) is 22.7 Å². The van der Waals surface area contributed by atoms with E-state index in [9.17, 15) is 23.9 Å². The van der Waals surface area contributed by atoms with E-state index in [0.717, 1.165) is 16.3 Å². The van der Waals surface area contributed by atoms with Crippen LogP contribution in [0, 0.1) is 12.7 Å². The summed E-state index contributed by atoms with van der Waals surface area (Å²) < 4.78 is 14.6. The number of aryl methyl sites for hydroxylation is 1. The molecule has 0 unspecified atom stereocenters. The number of aromatic nitrogens is 2. The molecule has 0 aliphatic heterocycles. The molecule has 1 aromatic heterocycles. The van der Waals surface area contributed by atoms with Crippen molar-refractivity contribution in [3.8, 4) is 0 Å². The van der Waals surface area contributed by atoms with Crippen LogP contribution >= 0.6 is 0 Å². The van der Waals surface area contributed by atoms with Gasteiger partial charge >= 0.3 is 11.9 Å². The normalized spacial score (nSPS) is 12.1. The third-order valence-corrected chi connectivity index (χ3v) is 5.91. The third-order valence-electron chi connectivity index (χ3n) is 5.91. The first kappa shape index (κ1) is 24.8. The number of halogens is 1. The van der Waals surface area contributed by atoms with Gasteiger partial charge < -0.3 is 25.8 Å². The highest BCUT2D eigenvalue weighted by atomic mass is 19.1. The Balaban J connectivity index is 1.46. The molecule has 0 spiro atoms. The molecule has 0 amide bonds. The lowest BCUT2D eigenvalue weighted by molar-refractivity contribution is -0.140. The SMILES string of the molecule is Cc1nc2ccc3ccc(CNc4ccc(CN[C@@H](CCC(=O)O)C(=O)O)c(F)c4)cc3c2c(=O)[nH]1. The molecule has 9 nitrogen and oxygen atoms in total. The predicted molar refractivity (Wildman–Crippen MR) is 133 cm³/mol. The standard InChI is InChI=1S/C26H25FN4O5/c1-14-30-21-7-5-16-3-2-15(10-19(16)24(21)25(34)31-14)12-28-18-6-4-17(20(27)11-18)13-29-22(26(35)36)8-9-23(32)33/h2-7,10-11,22,28-29H,8-9,12-13H2,1H3,(H,32,33)(H,35,36)(H,30,31,34)/t22-/m0/s1. The van der Waals surface area contributed by atoms with Crippen LogP contribution in [0.2, 0.25) is 0 Å². The Morgan fingerprint density at radius 3 is 2.58 bits per heavy atom. The molecule has 0 aliphatic carbocycles. The van der Waals surface area contributed by atoms with Gasteiger partial charge in [0, 0.05) is 30.8 Å². The largest absolute Gasteiger partial charge is 0.481 e. The van der Waals surface area contributed by atoms with Gasteiger partial charge in [-0.2, -0.15) is 0 Å². The Hall–Kier alpha value is -4.31. The molecule has 0 saturated heterocycles. The van der Waals surface area contributed by atoms with Crippen molar-refractivity contribution >= 4 is 39.3 Å². The number of anilines is 1. The Labute approximate surface area is 205 Å². The van der Waals surface area contributed by atoms with Crippen LogP contribution in [0.5, 0.6) is 0 Å². The number of nitrogens with one attached hydrogen (secondary N) is 3. The van der Waals surface area contributed by atoms with Crippen molar-refractivity contribution in [2.45, 2.75) is 38.9 Å². The summed E-state index contributed by atoms with van der Waals surface area (Å²) in [5.74, 6) is -2.26.